The molecule has 0 spiro atoms. The number of rotatable bonds is 13. The Morgan fingerprint density at radius 3 is 2.68 bits per heavy atom. The van der Waals surface area contributed by atoms with Crippen LogP contribution in [-0.4, -0.2) is 56.7 Å². The molecule has 12 heteroatoms. The lowest BCUT2D eigenvalue weighted by Gasteiger charge is -2.25. The summed E-state index contributed by atoms with van der Waals surface area (Å²) in [5.74, 6) is -0.192. The van der Waals surface area contributed by atoms with Gasteiger partial charge in [-0.3, -0.25) is 9.36 Å². The van der Waals surface area contributed by atoms with E-state index in [1.165, 1.54) is 6.33 Å². The topological polar surface area (TPSA) is 143 Å². The summed E-state index contributed by atoms with van der Waals surface area (Å²) in [6.45, 7) is 9.65. The number of fused-ring (bicyclic) bond motifs is 1. The van der Waals surface area contributed by atoms with Gasteiger partial charge in [-0.1, -0.05) is 13.3 Å². The summed E-state index contributed by atoms with van der Waals surface area (Å²) < 4.78 is 31.7. The third-order valence-electron chi connectivity index (χ3n) is 4.31. The predicted octanol–water partition coefficient (Wildman–Crippen LogP) is 2.71. The van der Waals surface area contributed by atoms with Crippen molar-refractivity contribution in [3.63, 3.8) is 0 Å². The van der Waals surface area contributed by atoms with Crippen LogP contribution in [0.5, 0.6) is 0 Å². The Kier molecular flexibility index (Phi) is 9.36. The van der Waals surface area contributed by atoms with Gasteiger partial charge in [0.05, 0.1) is 31.7 Å². The van der Waals surface area contributed by atoms with Gasteiger partial charge in [-0.15, -0.1) is 0 Å². The molecule has 0 unspecified atom stereocenters. The number of imidazole rings is 1. The highest BCUT2D eigenvalue weighted by atomic mass is 31.2. The molecule has 3 atom stereocenters. The molecule has 2 aromatic heterocycles. The second-order valence-electron chi connectivity index (χ2n) is 7.63. The predicted molar refractivity (Wildman–Crippen MR) is 117 cm³/mol. The fraction of sp³-hybridized carbons (Fsp3) is 0.684. The minimum atomic E-state index is -3.45. The third kappa shape index (κ3) is 7.53. The molecule has 2 aromatic rings. The van der Waals surface area contributed by atoms with Crippen molar-refractivity contribution in [3.8, 4) is 0 Å². The number of ether oxygens (including phenoxy) is 2. The quantitative estimate of drug-likeness (QED) is 0.262. The van der Waals surface area contributed by atoms with E-state index < -0.39 is 19.5 Å². The summed E-state index contributed by atoms with van der Waals surface area (Å²) in [6, 6.07) is -0.800. The van der Waals surface area contributed by atoms with Gasteiger partial charge >= 0.3 is 5.97 Å². The Morgan fingerprint density at radius 1 is 1.26 bits per heavy atom. The van der Waals surface area contributed by atoms with Gasteiger partial charge in [-0.25, -0.2) is 20.0 Å². The molecule has 0 saturated heterocycles. The molecule has 0 aliphatic rings. The number of carbonyl (C=O) groups is 1. The van der Waals surface area contributed by atoms with Gasteiger partial charge in [0.1, 0.15) is 24.2 Å². The van der Waals surface area contributed by atoms with E-state index in [2.05, 4.69) is 20.0 Å². The van der Waals surface area contributed by atoms with Crippen LogP contribution < -0.4 is 10.8 Å². The lowest BCUT2D eigenvalue weighted by molar-refractivity contribution is -0.149. The fourth-order valence-corrected chi connectivity index (χ4v) is 4.53. The van der Waals surface area contributed by atoms with Gasteiger partial charge in [-0.2, -0.15) is 0 Å². The van der Waals surface area contributed by atoms with E-state index in [1.807, 2.05) is 13.8 Å². The number of carbonyl (C=O) groups excluding carboxylic acids is 1. The second-order valence-corrected chi connectivity index (χ2v) is 9.75. The number of unbranched alkanes of at least 4 members (excludes halogenated alkanes) is 1. The molecule has 0 aliphatic heterocycles. The van der Waals surface area contributed by atoms with Gasteiger partial charge in [-0.05, 0) is 34.1 Å². The third-order valence-corrected chi connectivity index (χ3v) is 6.18. The van der Waals surface area contributed by atoms with Gasteiger partial charge < -0.3 is 24.3 Å². The Hall–Kier alpha value is -2.07. The number of hydrogen-bond donors (Lipinski definition) is 2. The molecule has 0 radical (unpaired) electrons. The number of hydrogen-bond acceptors (Lipinski definition) is 9. The highest BCUT2D eigenvalue weighted by molar-refractivity contribution is 7.56. The maximum atomic E-state index is 13.3. The number of nitrogen functional groups attached to an aromatic ring is 1. The number of nitrogens with one attached hydrogen (secondary N) is 1. The van der Waals surface area contributed by atoms with Gasteiger partial charge in [0.2, 0.25) is 0 Å². The monoisotopic (exact) mass is 456 g/mol. The average Bonchev–Trinajstić information content (AvgIpc) is 3.10. The van der Waals surface area contributed by atoms with Crippen LogP contribution in [0.15, 0.2) is 12.7 Å². The van der Waals surface area contributed by atoms with Crippen molar-refractivity contribution in [2.75, 3.05) is 18.7 Å². The second kappa shape index (κ2) is 11.5. The number of aromatic nitrogens is 4. The van der Waals surface area contributed by atoms with Crippen molar-refractivity contribution >= 4 is 30.5 Å². The first-order valence-corrected chi connectivity index (χ1v) is 12.2. The first kappa shape index (κ1) is 25.2. The summed E-state index contributed by atoms with van der Waals surface area (Å²) >= 11 is 0. The Bertz CT molecular complexity index is 905. The largest absolute Gasteiger partial charge is 0.462 e. The van der Waals surface area contributed by atoms with E-state index in [1.54, 1.807) is 31.7 Å². The molecular weight excluding hydrogens is 423 g/mol. The number of nitrogens with zero attached hydrogens (tertiary/aromatic N) is 4. The molecule has 0 aliphatic carbocycles. The van der Waals surface area contributed by atoms with Crippen LogP contribution in [0.3, 0.4) is 0 Å². The van der Waals surface area contributed by atoms with Crippen LogP contribution in [-0.2, 0) is 29.9 Å². The maximum absolute atomic E-state index is 13.3. The minimum absolute atomic E-state index is 0.194. The van der Waals surface area contributed by atoms with Crippen LogP contribution in [0.2, 0.25) is 0 Å². The van der Waals surface area contributed by atoms with Crippen molar-refractivity contribution in [1.29, 1.82) is 0 Å². The minimum Gasteiger partial charge on any atom is -0.462 e. The molecule has 0 bridgehead atoms. The molecule has 11 nitrogen and oxygen atoms in total. The molecule has 2 rings (SSSR count). The van der Waals surface area contributed by atoms with Crippen LogP contribution in [0, 0.1) is 0 Å². The molecule has 3 N–H and O–H groups in total. The van der Waals surface area contributed by atoms with Crippen LogP contribution >= 0.6 is 7.52 Å². The Labute approximate surface area is 182 Å². The standard InChI is InChI=1S/C19H33N6O5P/c1-6-7-8-29-31(27,24-15(5)19(26)30-13(2)3)12-28-14(4)9-25-11-23-16-17(20)21-10-22-18(16)25/h10-11,13-15H,6-9,12H2,1-5H3,(H,24,27)(H2,20,21,22)/t14-,15+,31-/m1/s1. The van der Waals surface area contributed by atoms with Crippen LogP contribution in [0.25, 0.3) is 11.2 Å². The average molecular weight is 456 g/mol. The van der Waals surface area contributed by atoms with Gasteiger partial charge in [0.25, 0.3) is 7.52 Å². The van der Waals surface area contributed by atoms with Gasteiger partial charge in [0, 0.05) is 0 Å². The van der Waals surface area contributed by atoms with Crippen molar-refractivity contribution in [2.24, 2.45) is 0 Å². The summed E-state index contributed by atoms with van der Waals surface area (Å²) in [5.41, 5.74) is 6.92. The first-order valence-electron chi connectivity index (χ1n) is 10.4. The molecule has 2 heterocycles. The maximum Gasteiger partial charge on any atom is 0.323 e. The molecule has 0 saturated carbocycles. The molecular formula is C19H33N6O5P. The first-order chi connectivity index (χ1) is 14.6. The SMILES string of the molecule is CCCCO[P@](=O)(CO[C@H](C)Cn1cnc2c(N)ncnc21)N[C@@H](C)C(=O)OC(C)C. The van der Waals surface area contributed by atoms with Crippen molar-refractivity contribution in [3.05, 3.63) is 12.7 Å². The summed E-state index contributed by atoms with van der Waals surface area (Å²) in [7, 11) is -3.45. The zero-order valence-corrected chi connectivity index (χ0v) is 19.7. The zero-order chi connectivity index (χ0) is 23.0. The highest BCUT2D eigenvalue weighted by Gasteiger charge is 2.30. The summed E-state index contributed by atoms with van der Waals surface area (Å²) in [4.78, 5) is 24.5. The van der Waals surface area contributed by atoms with Gasteiger partial charge in [0.15, 0.2) is 11.5 Å². The van der Waals surface area contributed by atoms with Crippen LogP contribution in [0.1, 0.15) is 47.5 Å². The number of nitrogens with two attached hydrogens (primary N) is 1. The fourth-order valence-electron chi connectivity index (χ4n) is 2.74. The number of anilines is 1. The summed E-state index contributed by atoms with van der Waals surface area (Å²) in [5, 5.41) is 2.79. The lowest BCUT2D eigenvalue weighted by atomic mass is 10.4. The highest BCUT2D eigenvalue weighted by Crippen LogP contribution is 2.43. The lowest BCUT2D eigenvalue weighted by Crippen LogP contribution is -2.36. The Balaban J connectivity index is 2.01. The molecule has 31 heavy (non-hydrogen) atoms. The van der Waals surface area contributed by atoms with Crippen molar-refractivity contribution in [1.82, 2.24) is 24.6 Å². The molecule has 0 aromatic carbocycles. The normalized spacial score (nSPS) is 15.7. The van der Waals surface area contributed by atoms with E-state index in [9.17, 15) is 9.36 Å². The van der Waals surface area contributed by atoms with E-state index in [4.69, 9.17) is 19.7 Å². The van der Waals surface area contributed by atoms with E-state index in [-0.39, 0.29) is 18.6 Å². The zero-order valence-electron chi connectivity index (χ0n) is 18.8. The molecule has 0 fully saturated rings. The number of esters is 1. The van der Waals surface area contributed by atoms with E-state index >= 15 is 0 Å². The molecule has 0 amide bonds. The smallest absolute Gasteiger partial charge is 0.323 e. The van der Waals surface area contributed by atoms with Crippen LogP contribution in [0.4, 0.5) is 5.82 Å². The van der Waals surface area contributed by atoms with Crippen molar-refractivity contribution < 1.29 is 23.4 Å². The Morgan fingerprint density at radius 2 is 2.00 bits per heavy atom. The summed E-state index contributed by atoms with van der Waals surface area (Å²) in [6.07, 6.45) is 3.82. The van der Waals surface area contributed by atoms with Crippen molar-refractivity contribution in [2.45, 2.75) is 72.3 Å². The van der Waals surface area contributed by atoms with E-state index in [0.29, 0.717) is 30.1 Å². The van der Waals surface area contributed by atoms with E-state index in [0.717, 1.165) is 12.8 Å². The molecule has 174 valence electrons.